The number of nitrogens with one attached hydrogen (secondary N) is 2. The van der Waals surface area contributed by atoms with E-state index < -0.39 is 0 Å². The van der Waals surface area contributed by atoms with Crippen molar-refractivity contribution in [1.82, 2.24) is 15.3 Å². The predicted molar refractivity (Wildman–Crippen MR) is 65.1 cm³/mol. The van der Waals surface area contributed by atoms with Crippen LogP contribution in [-0.2, 0) is 6.54 Å². The SMILES string of the molecule is c1nc2c(nc1NCCC1CC1)OCCNC2. The third-order valence-corrected chi connectivity index (χ3v) is 3.18. The summed E-state index contributed by atoms with van der Waals surface area (Å²) in [6, 6.07) is 0. The van der Waals surface area contributed by atoms with Crippen molar-refractivity contribution in [2.45, 2.75) is 25.8 Å². The fourth-order valence-corrected chi connectivity index (χ4v) is 1.96. The van der Waals surface area contributed by atoms with Crippen molar-refractivity contribution in [3.8, 4) is 5.88 Å². The maximum atomic E-state index is 5.55. The lowest BCUT2D eigenvalue weighted by molar-refractivity contribution is 0.313. The fourth-order valence-electron chi connectivity index (χ4n) is 1.96. The maximum Gasteiger partial charge on any atom is 0.239 e. The number of ether oxygens (including phenoxy) is 1. The van der Waals surface area contributed by atoms with Crippen LogP contribution in [0.15, 0.2) is 6.20 Å². The first-order chi connectivity index (χ1) is 8.42. The summed E-state index contributed by atoms with van der Waals surface area (Å²) in [6.07, 6.45) is 5.82. The van der Waals surface area contributed by atoms with Crippen LogP contribution >= 0.6 is 0 Å². The topological polar surface area (TPSA) is 59.1 Å². The molecule has 2 aliphatic rings. The molecule has 1 aromatic rings. The first-order valence-electron chi connectivity index (χ1n) is 6.35. The van der Waals surface area contributed by atoms with Gasteiger partial charge in [-0.1, -0.05) is 12.8 Å². The Balaban J connectivity index is 1.62. The van der Waals surface area contributed by atoms with Gasteiger partial charge in [-0.2, -0.15) is 4.98 Å². The zero-order valence-electron chi connectivity index (χ0n) is 9.91. The van der Waals surface area contributed by atoms with Gasteiger partial charge >= 0.3 is 0 Å². The molecule has 92 valence electrons. The molecule has 17 heavy (non-hydrogen) atoms. The molecule has 0 aromatic carbocycles. The molecule has 0 radical (unpaired) electrons. The van der Waals surface area contributed by atoms with Crippen LogP contribution in [0.4, 0.5) is 5.82 Å². The molecule has 5 heteroatoms. The molecule has 0 spiro atoms. The van der Waals surface area contributed by atoms with Crippen molar-refractivity contribution in [3.63, 3.8) is 0 Å². The summed E-state index contributed by atoms with van der Waals surface area (Å²) in [5.41, 5.74) is 0.898. The van der Waals surface area contributed by atoms with Crippen LogP contribution in [0.2, 0.25) is 0 Å². The summed E-state index contributed by atoms with van der Waals surface area (Å²) >= 11 is 0. The van der Waals surface area contributed by atoms with Gasteiger partial charge in [0.2, 0.25) is 5.88 Å². The normalized spacial score (nSPS) is 19.1. The third-order valence-electron chi connectivity index (χ3n) is 3.18. The number of hydrogen-bond donors (Lipinski definition) is 2. The first-order valence-corrected chi connectivity index (χ1v) is 6.35. The second-order valence-corrected chi connectivity index (χ2v) is 4.69. The Morgan fingerprint density at radius 2 is 2.41 bits per heavy atom. The smallest absolute Gasteiger partial charge is 0.239 e. The van der Waals surface area contributed by atoms with E-state index in [9.17, 15) is 0 Å². The number of nitrogens with zero attached hydrogens (tertiary/aromatic N) is 2. The van der Waals surface area contributed by atoms with Gasteiger partial charge in [0.15, 0.2) is 0 Å². The molecule has 1 aliphatic carbocycles. The highest BCUT2D eigenvalue weighted by Gasteiger charge is 2.20. The molecule has 0 bridgehead atoms. The molecule has 0 amide bonds. The van der Waals surface area contributed by atoms with E-state index in [2.05, 4.69) is 20.6 Å². The van der Waals surface area contributed by atoms with Gasteiger partial charge in [0.1, 0.15) is 18.1 Å². The Hall–Kier alpha value is -1.36. The van der Waals surface area contributed by atoms with Crippen molar-refractivity contribution in [1.29, 1.82) is 0 Å². The van der Waals surface area contributed by atoms with Gasteiger partial charge in [-0.3, -0.25) is 4.98 Å². The summed E-state index contributed by atoms with van der Waals surface area (Å²) in [5.74, 6) is 2.44. The van der Waals surface area contributed by atoms with Crippen molar-refractivity contribution in [2.24, 2.45) is 5.92 Å². The van der Waals surface area contributed by atoms with E-state index in [-0.39, 0.29) is 0 Å². The largest absolute Gasteiger partial charge is 0.475 e. The second kappa shape index (κ2) is 4.87. The van der Waals surface area contributed by atoms with Gasteiger partial charge in [0.05, 0.1) is 6.20 Å². The number of fused-ring (bicyclic) bond motifs is 1. The van der Waals surface area contributed by atoms with E-state index in [1.165, 1.54) is 19.3 Å². The Kier molecular flexibility index (Phi) is 3.09. The minimum absolute atomic E-state index is 0.660. The minimum Gasteiger partial charge on any atom is -0.475 e. The lowest BCUT2D eigenvalue weighted by Crippen LogP contribution is -2.16. The zero-order valence-corrected chi connectivity index (χ0v) is 9.91. The van der Waals surface area contributed by atoms with Gasteiger partial charge in [-0.05, 0) is 12.3 Å². The average Bonchev–Trinajstić information content (AvgIpc) is 3.14. The number of anilines is 1. The van der Waals surface area contributed by atoms with Crippen molar-refractivity contribution in [2.75, 3.05) is 25.0 Å². The second-order valence-electron chi connectivity index (χ2n) is 4.69. The van der Waals surface area contributed by atoms with E-state index in [1.807, 2.05) is 0 Å². The molecular formula is C12H18N4O. The minimum atomic E-state index is 0.660. The van der Waals surface area contributed by atoms with Crippen molar-refractivity contribution in [3.05, 3.63) is 11.9 Å². The monoisotopic (exact) mass is 234 g/mol. The number of aromatic nitrogens is 2. The quantitative estimate of drug-likeness (QED) is 0.819. The predicted octanol–water partition coefficient (Wildman–Crippen LogP) is 1.17. The van der Waals surface area contributed by atoms with Crippen LogP contribution < -0.4 is 15.4 Å². The van der Waals surface area contributed by atoms with Crippen LogP contribution in [0.5, 0.6) is 5.88 Å². The van der Waals surface area contributed by atoms with E-state index in [0.717, 1.165) is 37.1 Å². The Labute approximate surface area is 101 Å². The van der Waals surface area contributed by atoms with Gasteiger partial charge in [-0.25, -0.2) is 0 Å². The molecule has 1 aliphatic heterocycles. The lowest BCUT2D eigenvalue weighted by atomic mass is 10.3. The van der Waals surface area contributed by atoms with Gasteiger partial charge in [0, 0.05) is 19.6 Å². The van der Waals surface area contributed by atoms with Crippen LogP contribution in [0.25, 0.3) is 0 Å². The van der Waals surface area contributed by atoms with Gasteiger partial charge < -0.3 is 15.4 Å². The summed E-state index contributed by atoms with van der Waals surface area (Å²) < 4.78 is 5.55. The summed E-state index contributed by atoms with van der Waals surface area (Å²) in [4.78, 5) is 8.83. The fraction of sp³-hybridized carbons (Fsp3) is 0.667. The molecule has 2 N–H and O–H groups in total. The highest BCUT2D eigenvalue weighted by Crippen LogP contribution is 2.32. The maximum absolute atomic E-state index is 5.55. The number of rotatable bonds is 4. The molecule has 0 unspecified atom stereocenters. The molecule has 1 saturated carbocycles. The Bertz CT molecular complexity index is 392. The molecule has 5 nitrogen and oxygen atoms in total. The van der Waals surface area contributed by atoms with E-state index in [0.29, 0.717) is 12.5 Å². The van der Waals surface area contributed by atoms with E-state index >= 15 is 0 Å². The Morgan fingerprint density at radius 3 is 3.29 bits per heavy atom. The van der Waals surface area contributed by atoms with Crippen LogP contribution in [0.1, 0.15) is 25.0 Å². The van der Waals surface area contributed by atoms with Gasteiger partial charge in [-0.15, -0.1) is 0 Å². The van der Waals surface area contributed by atoms with Gasteiger partial charge in [0.25, 0.3) is 0 Å². The van der Waals surface area contributed by atoms with E-state index in [1.54, 1.807) is 6.20 Å². The highest BCUT2D eigenvalue weighted by atomic mass is 16.5. The highest BCUT2D eigenvalue weighted by molar-refractivity contribution is 5.36. The van der Waals surface area contributed by atoms with Crippen LogP contribution in [0, 0.1) is 5.92 Å². The molecule has 0 atom stereocenters. The number of hydrogen-bond acceptors (Lipinski definition) is 5. The molecule has 2 heterocycles. The zero-order chi connectivity index (χ0) is 11.5. The lowest BCUT2D eigenvalue weighted by Gasteiger charge is -2.08. The molecule has 3 rings (SSSR count). The Morgan fingerprint density at radius 1 is 1.47 bits per heavy atom. The van der Waals surface area contributed by atoms with Crippen LogP contribution in [-0.4, -0.2) is 29.7 Å². The summed E-state index contributed by atoms with van der Waals surface area (Å²) in [5, 5.41) is 6.55. The summed E-state index contributed by atoms with van der Waals surface area (Å²) in [6.45, 7) is 3.23. The molecule has 1 aromatic heterocycles. The molecule has 0 saturated heterocycles. The van der Waals surface area contributed by atoms with Crippen molar-refractivity contribution < 1.29 is 4.74 Å². The average molecular weight is 234 g/mol. The van der Waals surface area contributed by atoms with Crippen molar-refractivity contribution >= 4 is 5.82 Å². The third kappa shape index (κ3) is 2.85. The molecular weight excluding hydrogens is 216 g/mol. The van der Waals surface area contributed by atoms with Crippen LogP contribution in [0.3, 0.4) is 0 Å². The first kappa shape index (κ1) is 10.8. The van der Waals surface area contributed by atoms with E-state index in [4.69, 9.17) is 4.74 Å². The molecule has 1 fully saturated rings. The standard InChI is InChI=1S/C12H18N4O/c1-2-9(1)3-4-14-11-8-15-10-7-13-5-6-17-12(10)16-11/h8-9,13H,1-7H2,(H,14,16). The summed E-state index contributed by atoms with van der Waals surface area (Å²) in [7, 11) is 0.